The first-order valence-corrected chi connectivity index (χ1v) is 9.64. The molecule has 0 aliphatic carbocycles. The predicted octanol–water partition coefficient (Wildman–Crippen LogP) is 3.37. The standard InChI is InChI=1S/C19H16Cl3N3O5/c20-11-5-6-14(22)15(9-11)23-17(27)10-30-18(28)8-7-16(26)24-25-19(29)12-3-1-2-4-13(12)21/h1-6,9H,7-8,10H2,(H,23,27)(H,24,26)(H,25,29). The van der Waals surface area contributed by atoms with E-state index >= 15 is 0 Å². The molecule has 0 saturated carbocycles. The van der Waals surface area contributed by atoms with Gasteiger partial charge in [0.2, 0.25) is 5.91 Å². The summed E-state index contributed by atoms with van der Waals surface area (Å²) in [4.78, 5) is 47.2. The van der Waals surface area contributed by atoms with Crippen molar-refractivity contribution in [3.8, 4) is 0 Å². The zero-order valence-electron chi connectivity index (χ0n) is 15.3. The minimum absolute atomic E-state index is 0.185. The molecule has 0 spiro atoms. The van der Waals surface area contributed by atoms with Crippen LogP contribution in [0.2, 0.25) is 15.1 Å². The van der Waals surface area contributed by atoms with Crippen molar-refractivity contribution in [1.82, 2.24) is 10.9 Å². The summed E-state index contributed by atoms with van der Waals surface area (Å²) in [6.45, 7) is -0.563. The van der Waals surface area contributed by atoms with E-state index in [0.29, 0.717) is 5.02 Å². The Bertz CT molecular complexity index is 968. The minimum Gasteiger partial charge on any atom is -0.456 e. The number of hydrazine groups is 1. The number of hydrogen-bond acceptors (Lipinski definition) is 5. The number of rotatable bonds is 7. The van der Waals surface area contributed by atoms with E-state index in [1.54, 1.807) is 18.2 Å². The fourth-order valence-electron chi connectivity index (χ4n) is 2.12. The summed E-state index contributed by atoms with van der Waals surface area (Å²) in [5.41, 5.74) is 4.81. The molecule has 30 heavy (non-hydrogen) atoms. The van der Waals surface area contributed by atoms with E-state index < -0.39 is 30.3 Å². The van der Waals surface area contributed by atoms with Gasteiger partial charge in [0.05, 0.1) is 27.7 Å². The average molecular weight is 473 g/mol. The molecule has 2 aromatic rings. The minimum atomic E-state index is -0.769. The molecule has 0 radical (unpaired) electrons. The molecule has 0 aliphatic rings. The van der Waals surface area contributed by atoms with Crippen LogP contribution in [-0.2, 0) is 19.1 Å². The number of benzene rings is 2. The van der Waals surface area contributed by atoms with E-state index in [1.165, 1.54) is 24.3 Å². The molecule has 3 amide bonds. The highest BCUT2D eigenvalue weighted by Gasteiger charge is 2.14. The molecule has 0 unspecified atom stereocenters. The highest BCUT2D eigenvalue weighted by atomic mass is 35.5. The van der Waals surface area contributed by atoms with Gasteiger partial charge in [0, 0.05) is 11.4 Å². The van der Waals surface area contributed by atoms with Gasteiger partial charge in [-0.05, 0) is 30.3 Å². The molecule has 0 aromatic heterocycles. The Morgan fingerprint density at radius 2 is 1.57 bits per heavy atom. The van der Waals surface area contributed by atoms with E-state index in [9.17, 15) is 19.2 Å². The van der Waals surface area contributed by atoms with Crippen molar-refractivity contribution in [2.45, 2.75) is 12.8 Å². The number of amides is 3. The van der Waals surface area contributed by atoms with E-state index in [-0.39, 0.29) is 34.1 Å². The SMILES string of the molecule is O=C(CCC(=O)OCC(=O)Nc1cc(Cl)ccc1Cl)NNC(=O)c1ccccc1Cl. The van der Waals surface area contributed by atoms with Gasteiger partial charge in [-0.15, -0.1) is 0 Å². The summed E-state index contributed by atoms with van der Waals surface area (Å²) in [6.07, 6.45) is -0.553. The second kappa shape index (κ2) is 11.4. The number of halogens is 3. The van der Waals surface area contributed by atoms with Crippen molar-refractivity contribution >= 4 is 64.2 Å². The smallest absolute Gasteiger partial charge is 0.306 e. The van der Waals surface area contributed by atoms with Gasteiger partial charge in [-0.25, -0.2) is 0 Å². The second-order valence-electron chi connectivity index (χ2n) is 5.82. The number of anilines is 1. The Kier molecular flexibility index (Phi) is 8.91. The maximum atomic E-state index is 11.9. The molecule has 0 bridgehead atoms. The quantitative estimate of drug-likeness (QED) is 0.422. The third kappa shape index (κ3) is 7.55. The number of carbonyl (C=O) groups is 4. The van der Waals surface area contributed by atoms with Crippen molar-refractivity contribution < 1.29 is 23.9 Å². The molecule has 0 atom stereocenters. The average Bonchev–Trinajstić information content (AvgIpc) is 2.72. The number of nitrogens with one attached hydrogen (secondary N) is 3. The normalized spacial score (nSPS) is 10.1. The summed E-state index contributed by atoms with van der Waals surface area (Å²) >= 11 is 17.6. The van der Waals surface area contributed by atoms with Gasteiger partial charge in [-0.3, -0.25) is 30.0 Å². The number of carbonyl (C=O) groups excluding carboxylic acids is 4. The monoisotopic (exact) mass is 471 g/mol. The summed E-state index contributed by atoms with van der Waals surface area (Å²) in [7, 11) is 0. The van der Waals surface area contributed by atoms with E-state index in [1.807, 2.05) is 0 Å². The van der Waals surface area contributed by atoms with Crippen LogP contribution in [0.1, 0.15) is 23.2 Å². The van der Waals surface area contributed by atoms with E-state index in [4.69, 9.17) is 39.5 Å². The fraction of sp³-hybridized carbons (Fsp3) is 0.158. The van der Waals surface area contributed by atoms with Crippen molar-refractivity contribution in [1.29, 1.82) is 0 Å². The van der Waals surface area contributed by atoms with Gasteiger partial charge in [-0.1, -0.05) is 46.9 Å². The third-order valence-electron chi connectivity index (χ3n) is 3.56. The second-order valence-corrected chi connectivity index (χ2v) is 7.07. The molecule has 158 valence electrons. The molecule has 8 nitrogen and oxygen atoms in total. The zero-order chi connectivity index (χ0) is 22.1. The zero-order valence-corrected chi connectivity index (χ0v) is 17.6. The van der Waals surface area contributed by atoms with Gasteiger partial charge < -0.3 is 10.1 Å². The predicted molar refractivity (Wildman–Crippen MR) is 112 cm³/mol. The molecule has 0 aliphatic heterocycles. The van der Waals surface area contributed by atoms with Crippen molar-refractivity contribution in [3.05, 3.63) is 63.1 Å². The lowest BCUT2D eigenvalue weighted by Gasteiger charge is -2.09. The van der Waals surface area contributed by atoms with Crippen LogP contribution >= 0.6 is 34.8 Å². The van der Waals surface area contributed by atoms with Crippen LogP contribution in [0.4, 0.5) is 5.69 Å². The van der Waals surface area contributed by atoms with Gasteiger partial charge in [0.25, 0.3) is 11.8 Å². The molecule has 0 saturated heterocycles. The lowest BCUT2D eigenvalue weighted by atomic mass is 10.2. The maximum absolute atomic E-state index is 11.9. The van der Waals surface area contributed by atoms with Crippen LogP contribution in [0.15, 0.2) is 42.5 Å². The van der Waals surface area contributed by atoms with Gasteiger partial charge in [-0.2, -0.15) is 0 Å². The fourth-order valence-corrected chi connectivity index (χ4v) is 2.67. The van der Waals surface area contributed by atoms with Crippen LogP contribution in [0.5, 0.6) is 0 Å². The van der Waals surface area contributed by atoms with Gasteiger partial charge in [0.1, 0.15) is 0 Å². The Hall–Kier alpha value is -2.81. The highest BCUT2D eigenvalue weighted by molar-refractivity contribution is 6.35. The summed E-state index contributed by atoms with van der Waals surface area (Å²) < 4.78 is 4.80. The Morgan fingerprint density at radius 3 is 2.30 bits per heavy atom. The molecular formula is C19H16Cl3N3O5. The van der Waals surface area contributed by atoms with E-state index in [2.05, 4.69) is 16.2 Å². The van der Waals surface area contributed by atoms with Crippen molar-refractivity contribution in [3.63, 3.8) is 0 Å². The van der Waals surface area contributed by atoms with Crippen molar-refractivity contribution in [2.24, 2.45) is 0 Å². The first-order valence-electron chi connectivity index (χ1n) is 8.50. The molecule has 2 rings (SSSR count). The van der Waals surface area contributed by atoms with Crippen molar-refractivity contribution in [2.75, 3.05) is 11.9 Å². The molecule has 0 heterocycles. The lowest BCUT2D eigenvalue weighted by Crippen LogP contribution is -2.41. The lowest BCUT2D eigenvalue weighted by molar-refractivity contribution is -0.148. The Balaban J connectivity index is 1.68. The van der Waals surface area contributed by atoms with Gasteiger partial charge in [0.15, 0.2) is 6.61 Å². The summed E-state index contributed by atoms with van der Waals surface area (Å²) in [5.74, 6) is -2.62. The number of hydrogen-bond donors (Lipinski definition) is 3. The third-order valence-corrected chi connectivity index (χ3v) is 4.45. The maximum Gasteiger partial charge on any atom is 0.306 e. The topological polar surface area (TPSA) is 114 Å². The first kappa shape index (κ1) is 23.5. The number of ether oxygens (including phenoxy) is 1. The Morgan fingerprint density at radius 1 is 0.833 bits per heavy atom. The molecular weight excluding hydrogens is 457 g/mol. The van der Waals surface area contributed by atoms with Gasteiger partial charge >= 0.3 is 5.97 Å². The molecule has 2 aromatic carbocycles. The summed E-state index contributed by atoms with van der Waals surface area (Å²) in [6, 6.07) is 10.8. The van der Waals surface area contributed by atoms with Crippen LogP contribution < -0.4 is 16.2 Å². The van der Waals surface area contributed by atoms with Crippen LogP contribution in [-0.4, -0.2) is 30.3 Å². The largest absolute Gasteiger partial charge is 0.456 e. The first-order chi connectivity index (χ1) is 14.3. The van der Waals surface area contributed by atoms with Crippen LogP contribution in [0.3, 0.4) is 0 Å². The molecule has 3 N–H and O–H groups in total. The number of esters is 1. The van der Waals surface area contributed by atoms with Crippen LogP contribution in [0, 0.1) is 0 Å². The highest BCUT2D eigenvalue weighted by Crippen LogP contribution is 2.25. The summed E-state index contributed by atoms with van der Waals surface area (Å²) in [5, 5.41) is 3.33. The van der Waals surface area contributed by atoms with E-state index in [0.717, 1.165) is 0 Å². The van der Waals surface area contributed by atoms with Crippen LogP contribution in [0.25, 0.3) is 0 Å². The molecule has 11 heteroatoms. The molecule has 0 fully saturated rings. The Labute approximate surface area is 186 Å².